The van der Waals surface area contributed by atoms with Crippen molar-refractivity contribution in [3.8, 4) is 17.2 Å². The van der Waals surface area contributed by atoms with E-state index in [0.29, 0.717) is 47.7 Å². The summed E-state index contributed by atoms with van der Waals surface area (Å²) in [6.45, 7) is 7.12. The number of benzene rings is 3. The highest BCUT2D eigenvalue weighted by atomic mass is 35.5. The predicted molar refractivity (Wildman–Crippen MR) is 158 cm³/mol. The zero-order chi connectivity index (χ0) is 27.9. The minimum absolute atomic E-state index is 0.126. The lowest BCUT2D eigenvalue weighted by molar-refractivity contribution is -0.117. The molecule has 0 spiro atoms. The minimum Gasteiger partial charge on any atom is -0.490 e. The second kappa shape index (κ2) is 13.0. The molecule has 0 fully saturated rings. The van der Waals surface area contributed by atoms with Crippen LogP contribution in [-0.4, -0.2) is 40.3 Å². The molecule has 1 aliphatic heterocycles. The second-order valence-corrected chi connectivity index (χ2v) is 10.6. The van der Waals surface area contributed by atoms with Crippen LogP contribution in [-0.2, 0) is 17.9 Å². The van der Waals surface area contributed by atoms with Gasteiger partial charge in [-0.25, -0.2) is 0 Å². The zero-order valence-electron chi connectivity index (χ0n) is 23.0. The Kier molecular flexibility index (Phi) is 9.04. The number of hydrogen-bond donors (Lipinski definition) is 1. The van der Waals surface area contributed by atoms with E-state index >= 15 is 0 Å². The summed E-state index contributed by atoms with van der Waals surface area (Å²) in [6.07, 6.45) is 2.85. The van der Waals surface area contributed by atoms with Gasteiger partial charge in [0.05, 0.1) is 31.1 Å². The molecule has 40 heavy (non-hydrogen) atoms. The van der Waals surface area contributed by atoms with Crippen molar-refractivity contribution >= 4 is 23.2 Å². The number of amides is 1. The Bertz CT molecular complexity index is 1450. The summed E-state index contributed by atoms with van der Waals surface area (Å²) >= 11 is 6.30. The maximum Gasteiger partial charge on any atom is 0.238 e. The van der Waals surface area contributed by atoms with Gasteiger partial charge < -0.3 is 14.8 Å². The van der Waals surface area contributed by atoms with Gasteiger partial charge in [0, 0.05) is 22.8 Å². The molecule has 1 aromatic heterocycles. The van der Waals surface area contributed by atoms with E-state index in [0.717, 1.165) is 42.8 Å². The SMILES string of the molecule is Cc1nn(Cc2ccccc2)c(C)c1CN1CCCCCOc2ccccc2Oc2ccc(Cl)cc2NC(=O)C1. The van der Waals surface area contributed by atoms with Crippen molar-refractivity contribution in [1.82, 2.24) is 14.7 Å². The predicted octanol–water partition coefficient (Wildman–Crippen LogP) is 7.00. The molecule has 0 unspecified atom stereocenters. The molecule has 0 saturated heterocycles. The Labute approximate surface area is 240 Å². The van der Waals surface area contributed by atoms with Crippen molar-refractivity contribution in [3.63, 3.8) is 0 Å². The van der Waals surface area contributed by atoms with Crippen LogP contribution in [0.5, 0.6) is 17.2 Å². The number of hydrogen-bond acceptors (Lipinski definition) is 5. The Morgan fingerprint density at radius 1 is 0.900 bits per heavy atom. The van der Waals surface area contributed by atoms with Gasteiger partial charge in [0.2, 0.25) is 5.91 Å². The normalized spacial score (nSPS) is 15.0. The molecule has 208 valence electrons. The third-order valence-electron chi connectivity index (χ3n) is 7.12. The smallest absolute Gasteiger partial charge is 0.238 e. The van der Waals surface area contributed by atoms with E-state index in [1.54, 1.807) is 18.2 Å². The van der Waals surface area contributed by atoms with E-state index < -0.39 is 0 Å². The third kappa shape index (κ3) is 7.03. The maximum absolute atomic E-state index is 13.4. The van der Waals surface area contributed by atoms with Crippen molar-refractivity contribution in [2.75, 3.05) is 25.0 Å². The summed E-state index contributed by atoms with van der Waals surface area (Å²) in [4.78, 5) is 15.6. The quantitative estimate of drug-likeness (QED) is 0.292. The highest BCUT2D eigenvalue weighted by molar-refractivity contribution is 6.31. The molecule has 1 aliphatic rings. The van der Waals surface area contributed by atoms with E-state index in [2.05, 4.69) is 34.0 Å². The Balaban J connectivity index is 1.37. The van der Waals surface area contributed by atoms with Crippen molar-refractivity contribution in [2.45, 2.75) is 46.2 Å². The number of aromatic nitrogens is 2. The largest absolute Gasteiger partial charge is 0.490 e. The fourth-order valence-corrected chi connectivity index (χ4v) is 5.13. The molecule has 4 aromatic rings. The van der Waals surface area contributed by atoms with Crippen LogP contribution in [0.2, 0.25) is 5.02 Å². The first-order chi connectivity index (χ1) is 19.5. The number of anilines is 1. The van der Waals surface area contributed by atoms with Gasteiger partial charge in [-0.15, -0.1) is 0 Å². The van der Waals surface area contributed by atoms with Gasteiger partial charge in [0.25, 0.3) is 0 Å². The van der Waals surface area contributed by atoms with Crippen molar-refractivity contribution in [3.05, 3.63) is 100 Å². The van der Waals surface area contributed by atoms with Crippen molar-refractivity contribution < 1.29 is 14.3 Å². The summed E-state index contributed by atoms with van der Waals surface area (Å²) in [5.74, 6) is 1.64. The van der Waals surface area contributed by atoms with Gasteiger partial charge in [-0.3, -0.25) is 14.4 Å². The molecule has 3 aromatic carbocycles. The number of fused-ring (bicyclic) bond motifs is 2. The summed E-state index contributed by atoms with van der Waals surface area (Å²) in [6, 6.07) is 23.1. The van der Waals surface area contributed by atoms with Gasteiger partial charge in [-0.05, 0) is 75.5 Å². The molecular formula is C32H35ClN4O3. The standard InChI is InChI=1S/C32H35ClN4O3/c1-23-27(24(2)37(35-23)20-25-11-5-3-6-12-25)21-36-17-9-4-10-18-39-30-13-7-8-14-31(30)40-29-16-15-26(33)19-28(29)34-32(38)22-36/h3,5-8,11-16,19H,4,9-10,17-18,20-22H2,1-2H3,(H,34,38). The number of aryl methyl sites for hydroxylation is 1. The fraction of sp³-hybridized carbons (Fsp3) is 0.312. The first kappa shape index (κ1) is 27.7. The average molecular weight is 559 g/mol. The van der Waals surface area contributed by atoms with Crippen LogP contribution in [0.4, 0.5) is 5.69 Å². The van der Waals surface area contributed by atoms with Crippen LogP contribution >= 0.6 is 11.6 Å². The lowest BCUT2D eigenvalue weighted by atomic mass is 10.1. The number of halogens is 1. The van der Waals surface area contributed by atoms with Crippen molar-refractivity contribution in [1.29, 1.82) is 0 Å². The Morgan fingerprint density at radius 2 is 1.68 bits per heavy atom. The molecule has 0 saturated carbocycles. The van der Waals surface area contributed by atoms with Gasteiger partial charge >= 0.3 is 0 Å². The highest BCUT2D eigenvalue weighted by Crippen LogP contribution is 2.36. The number of rotatable bonds is 4. The Hall–Kier alpha value is -3.81. The second-order valence-electron chi connectivity index (χ2n) is 10.1. The highest BCUT2D eigenvalue weighted by Gasteiger charge is 2.19. The van der Waals surface area contributed by atoms with E-state index in [-0.39, 0.29) is 12.5 Å². The van der Waals surface area contributed by atoms with E-state index in [9.17, 15) is 4.79 Å². The van der Waals surface area contributed by atoms with Gasteiger partial charge in [0.1, 0.15) is 0 Å². The molecule has 0 atom stereocenters. The van der Waals surface area contributed by atoms with Gasteiger partial charge in [-0.1, -0.05) is 54.1 Å². The first-order valence-electron chi connectivity index (χ1n) is 13.7. The summed E-state index contributed by atoms with van der Waals surface area (Å²) in [7, 11) is 0. The lowest BCUT2D eigenvalue weighted by Crippen LogP contribution is -2.34. The number of carbonyl (C=O) groups is 1. The number of para-hydroxylation sites is 2. The van der Waals surface area contributed by atoms with Crippen LogP contribution in [0.15, 0.2) is 72.8 Å². The number of ether oxygens (including phenoxy) is 2. The number of carbonyl (C=O) groups excluding carboxylic acids is 1. The summed E-state index contributed by atoms with van der Waals surface area (Å²) < 4.78 is 14.3. The monoisotopic (exact) mass is 558 g/mol. The average Bonchev–Trinajstić information content (AvgIpc) is 3.19. The van der Waals surface area contributed by atoms with Gasteiger partial charge in [0.15, 0.2) is 17.2 Å². The van der Waals surface area contributed by atoms with Crippen LogP contribution in [0.3, 0.4) is 0 Å². The molecule has 0 bridgehead atoms. The molecule has 8 heteroatoms. The van der Waals surface area contributed by atoms with Crippen LogP contribution in [0.25, 0.3) is 0 Å². The molecule has 0 aliphatic carbocycles. The first-order valence-corrected chi connectivity index (χ1v) is 14.1. The van der Waals surface area contributed by atoms with E-state index in [4.69, 9.17) is 26.2 Å². The topological polar surface area (TPSA) is 68.6 Å². The van der Waals surface area contributed by atoms with E-state index in [1.807, 2.05) is 49.4 Å². The van der Waals surface area contributed by atoms with Crippen LogP contribution < -0.4 is 14.8 Å². The fourth-order valence-electron chi connectivity index (χ4n) is 4.96. The van der Waals surface area contributed by atoms with Crippen LogP contribution in [0, 0.1) is 13.8 Å². The summed E-state index contributed by atoms with van der Waals surface area (Å²) in [5, 5.41) is 8.37. The third-order valence-corrected chi connectivity index (χ3v) is 7.35. The van der Waals surface area contributed by atoms with E-state index in [1.165, 1.54) is 5.56 Å². The number of nitrogens with zero attached hydrogens (tertiary/aromatic N) is 3. The minimum atomic E-state index is -0.126. The molecule has 0 radical (unpaired) electrons. The lowest BCUT2D eigenvalue weighted by Gasteiger charge is -2.22. The molecular weight excluding hydrogens is 524 g/mol. The molecule has 1 amide bonds. The summed E-state index contributed by atoms with van der Waals surface area (Å²) in [5.41, 5.74) is 4.99. The maximum atomic E-state index is 13.4. The molecule has 7 nitrogen and oxygen atoms in total. The number of nitrogens with one attached hydrogen (secondary N) is 1. The molecule has 2 heterocycles. The molecule has 5 rings (SSSR count). The van der Waals surface area contributed by atoms with Crippen LogP contribution in [0.1, 0.15) is 41.8 Å². The van der Waals surface area contributed by atoms with Crippen molar-refractivity contribution in [2.24, 2.45) is 0 Å². The molecule has 1 N–H and O–H groups in total. The zero-order valence-corrected chi connectivity index (χ0v) is 23.8. The Morgan fingerprint density at radius 3 is 2.50 bits per heavy atom. The van der Waals surface area contributed by atoms with Gasteiger partial charge in [-0.2, -0.15) is 5.10 Å².